The van der Waals surface area contributed by atoms with Crippen molar-refractivity contribution in [2.45, 2.75) is 136 Å². The van der Waals surface area contributed by atoms with Crippen LogP contribution in [0, 0.1) is 6.92 Å². The second-order valence-electron chi connectivity index (χ2n) is 23.2. The van der Waals surface area contributed by atoms with Crippen LogP contribution in [0.15, 0.2) is 115 Å². The first-order valence-corrected chi connectivity index (χ1v) is 24.4. The molecule has 0 saturated carbocycles. The molecule has 7 aromatic rings. The van der Waals surface area contributed by atoms with Crippen LogP contribution in [-0.2, 0) is 27.1 Å². The highest BCUT2D eigenvalue weighted by Crippen LogP contribution is 2.56. The van der Waals surface area contributed by atoms with E-state index < -0.39 is 0 Å². The molecule has 2 nitrogen and oxygen atoms in total. The smallest absolute Gasteiger partial charge is 0.264 e. The van der Waals surface area contributed by atoms with Gasteiger partial charge in [0, 0.05) is 43.2 Å². The standard InChI is InChI=1S/C59H63BN2S/c1-36-32-47-51-48(33-36)62(46-27-22-38(55(2,3)4)34-41(46)37-18-14-13-15-19-37)52-40-20-16-17-21-49(40)63-54(52)60(51)45-26-25-43-50(59(11,12)31-30-57(43,7)8)53(45)61(47)39-23-24-42-44(35-39)58(9,10)29-28-56(42,5)6/h13-27,32-35H,28-31H2,1-12H3. The summed E-state index contributed by atoms with van der Waals surface area (Å²) in [6.07, 6.45) is 4.74. The first-order chi connectivity index (χ1) is 29.8. The van der Waals surface area contributed by atoms with Crippen LogP contribution in [0.5, 0.6) is 0 Å². The summed E-state index contributed by atoms with van der Waals surface area (Å²) in [5.41, 5.74) is 22.2. The summed E-state index contributed by atoms with van der Waals surface area (Å²) in [4.78, 5) is 5.44. The monoisotopic (exact) mass is 842 g/mol. The summed E-state index contributed by atoms with van der Waals surface area (Å²) in [6.45, 7) is 29.3. The lowest BCUT2D eigenvalue weighted by Crippen LogP contribution is -2.61. The third-order valence-corrected chi connectivity index (χ3v) is 17.2. The SMILES string of the molecule is Cc1cc2c3c(c1)N(c1ccc(C(C)(C)C)cc1-c1ccccc1)c1c(sc4ccccc14)B3c1ccc3c(c1N2c1ccc2c(c1)C(C)(C)CCC2(C)C)C(C)(C)CCC3(C)C. The van der Waals surface area contributed by atoms with Crippen LogP contribution in [0.2, 0.25) is 0 Å². The van der Waals surface area contributed by atoms with Crippen molar-refractivity contribution < 1.29 is 0 Å². The molecule has 0 saturated heterocycles. The fourth-order valence-corrected chi connectivity index (χ4v) is 13.4. The summed E-state index contributed by atoms with van der Waals surface area (Å²) in [6, 6.07) is 45.3. The molecular weight excluding hydrogens is 780 g/mol. The number of fused-ring (bicyclic) bond motifs is 9. The number of hydrogen-bond acceptors (Lipinski definition) is 3. The number of aryl methyl sites for hydroxylation is 1. The Labute approximate surface area is 381 Å². The number of hydrogen-bond donors (Lipinski definition) is 0. The van der Waals surface area contributed by atoms with E-state index in [9.17, 15) is 0 Å². The summed E-state index contributed by atoms with van der Waals surface area (Å²) in [5.74, 6) is 0. The normalized spacial score (nSPS) is 18.6. The molecule has 0 atom stereocenters. The highest BCUT2D eigenvalue weighted by atomic mass is 32.1. The number of anilines is 6. The zero-order chi connectivity index (χ0) is 44.2. The zero-order valence-electron chi connectivity index (χ0n) is 39.7. The fourth-order valence-electron chi connectivity index (χ4n) is 12.1. The summed E-state index contributed by atoms with van der Waals surface area (Å²) in [5, 5.41) is 1.33. The molecule has 11 rings (SSSR count). The van der Waals surface area contributed by atoms with Crippen molar-refractivity contribution in [2.24, 2.45) is 0 Å². The van der Waals surface area contributed by atoms with E-state index in [2.05, 4.69) is 208 Å². The lowest BCUT2D eigenvalue weighted by Gasteiger charge is -2.49. The van der Waals surface area contributed by atoms with Crippen LogP contribution in [-0.4, -0.2) is 6.71 Å². The minimum Gasteiger partial charge on any atom is -0.311 e. The second kappa shape index (κ2) is 13.5. The molecule has 0 unspecified atom stereocenters. The van der Waals surface area contributed by atoms with Gasteiger partial charge in [0.2, 0.25) is 0 Å². The van der Waals surface area contributed by atoms with Gasteiger partial charge in [-0.25, -0.2) is 0 Å². The van der Waals surface area contributed by atoms with Crippen molar-refractivity contribution in [1.29, 1.82) is 0 Å². The molecule has 63 heavy (non-hydrogen) atoms. The van der Waals surface area contributed by atoms with Crippen molar-refractivity contribution in [3.63, 3.8) is 0 Å². The molecule has 0 amide bonds. The first kappa shape index (κ1) is 40.7. The average molecular weight is 843 g/mol. The first-order valence-electron chi connectivity index (χ1n) is 23.6. The molecule has 4 aliphatic rings. The molecule has 6 aromatic carbocycles. The van der Waals surface area contributed by atoms with Gasteiger partial charge in [0.25, 0.3) is 6.71 Å². The predicted molar refractivity (Wildman–Crippen MR) is 275 cm³/mol. The van der Waals surface area contributed by atoms with Crippen LogP contribution in [0.25, 0.3) is 21.2 Å². The van der Waals surface area contributed by atoms with Gasteiger partial charge in [0.05, 0.1) is 11.4 Å². The van der Waals surface area contributed by atoms with Crippen molar-refractivity contribution in [2.75, 3.05) is 9.80 Å². The van der Waals surface area contributed by atoms with Gasteiger partial charge in [-0.3, -0.25) is 0 Å². The number of rotatable bonds is 3. The van der Waals surface area contributed by atoms with Gasteiger partial charge in [0.15, 0.2) is 0 Å². The minimum absolute atomic E-state index is 0.00212. The maximum Gasteiger partial charge on any atom is 0.264 e. The summed E-state index contributed by atoms with van der Waals surface area (Å²) < 4.78 is 2.78. The van der Waals surface area contributed by atoms with Crippen LogP contribution in [0.4, 0.5) is 34.1 Å². The molecule has 0 N–H and O–H groups in total. The quantitative estimate of drug-likeness (QED) is 0.164. The molecule has 3 heterocycles. The highest BCUT2D eigenvalue weighted by molar-refractivity contribution is 7.33. The third-order valence-electron chi connectivity index (χ3n) is 15.9. The maximum absolute atomic E-state index is 2.76. The molecule has 2 aliphatic heterocycles. The Kier molecular flexibility index (Phi) is 8.72. The van der Waals surface area contributed by atoms with Gasteiger partial charge in [-0.1, -0.05) is 149 Å². The van der Waals surface area contributed by atoms with E-state index >= 15 is 0 Å². The molecule has 0 fully saturated rings. The molecule has 2 aliphatic carbocycles. The molecule has 318 valence electrons. The lowest BCUT2D eigenvalue weighted by atomic mass is 9.35. The van der Waals surface area contributed by atoms with Gasteiger partial charge < -0.3 is 9.80 Å². The topological polar surface area (TPSA) is 6.48 Å². The Morgan fingerprint density at radius 3 is 1.89 bits per heavy atom. The fraction of sp³-hybridized carbons (Fsp3) is 0.356. The Morgan fingerprint density at radius 2 is 1.17 bits per heavy atom. The van der Waals surface area contributed by atoms with Crippen LogP contribution >= 0.6 is 11.3 Å². The predicted octanol–water partition coefficient (Wildman–Crippen LogP) is 15.0. The average Bonchev–Trinajstić information content (AvgIpc) is 3.62. The van der Waals surface area contributed by atoms with Crippen molar-refractivity contribution in [1.82, 2.24) is 0 Å². The van der Waals surface area contributed by atoms with Crippen LogP contribution in [0.1, 0.15) is 135 Å². The Hall–Kier alpha value is -5.06. The van der Waals surface area contributed by atoms with Crippen molar-refractivity contribution in [3.8, 4) is 11.1 Å². The van der Waals surface area contributed by atoms with E-state index in [1.807, 2.05) is 11.3 Å². The van der Waals surface area contributed by atoms with Gasteiger partial charge >= 0.3 is 0 Å². The highest BCUT2D eigenvalue weighted by Gasteiger charge is 2.50. The van der Waals surface area contributed by atoms with Crippen LogP contribution < -0.4 is 25.5 Å². The maximum atomic E-state index is 2.76. The van der Waals surface area contributed by atoms with Crippen LogP contribution in [0.3, 0.4) is 0 Å². The number of thiophene rings is 1. The largest absolute Gasteiger partial charge is 0.311 e. The Morgan fingerprint density at radius 1 is 0.556 bits per heavy atom. The van der Waals surface area contributed by atoms with E-state index in [0.29, 0.717) is 0 Å². The van der Waals surface area contributed by atoms with E-state index in [1.165, 1.54) is 124 Å². The summed E-state index contributed by atoms with van der Waals surface area (Å²) in [7, 11) is 0. The Bertz CT molecular complexity index is 3030. The lowest BCUT2D eigenvalue weighted by molar-refractivity contribution is 0.331. The van der Waals surface area contributed by atoms with E-state index in [4.69, 9.17) is 0 Å². The summed E-state index contributed by atoms with van der Waals surface area (Å²) >= 11 is 2.01. The van der Waals surface area contributed by atoms with Gasteiger partial charge in [-0.05, 0) is 152 Å². The molecule has 0 radical (unpaired) electrons. The minimum atomic E-state index is -0.00282. The van der Waals surface area contributed by atoms with Gasteiger partial charge in [-0.2, -0.15) is 0 Å². The molecular formula is C59H63BN2S. The second-order valence-corrected chi connectivity index (χ2v) is 24.3. The van der Waals surface area contributed by atoms with Gasteiger partial charge in [-0.15, -0.1) is 11.3 Å². The Balaban J connectivity index is 1.28. The zero-order valence-corrected chi connectivity index (χ0v) is 40.5. The molecule has 0 bridgehead atoms. The van der Waals surface area contributed by atoms with Crippen molar-refractivity contribution in [3.05, 3.63) is 149 Å². The van der Waals surface area contributed by atoms with Crippen molar-refractivity contribution >= 4 is 78.0 Å². The third kappa shape index (κ3) is 6.02. The van der Waals surface area contributed by atoms with E-state index in [-0.39, 0.29) is 33.8 Å². The number of nitrogens with zero attached hydrogens (tertiary/aromatic N) is 2. The molecule has 0 spiro atoms. The van der Waals surface area contributed by atoms with E-state index in [1.54, 1.807) is 0 Å². The number of benzene rings is 6. The molecule has 1 aromatic heterocycles. The van der Waals surface area contributed by atoms with Gasteiger partial charge in [0.1, 0.15) is 0 Å². The van der Waals surface area contributed by atoms with E-state index in [0.717, 1.165) is 6.42 Å². The molecule has 4 heteroatoms.